The summed E-state index contributed by atoms with van der Waals surface area (Å²) in [4.78, 5) is 30.4. The van der Waals surface area contributed by atoms with E-state index in [4.69, 9.17) is 4.74 Å². The van der Waals surface area contributed by atoms with Crippen LogP contribution >= 0.6 is 0 Å². The maximum atomic E-state index is 13.6. The molecular weight excluding hydrogens is 352 g/mol. The largest absolute Gasteiger partial charge is 0.497 e. The summed E-state index contributed by atoms with van der Waals surface area (Å²) in [5, 5.41) is 0. The maximum absolute atomic E-state index is 13.6. The van der Waals surface area contributed by atoms with E-state index in [1.165, 1.54) is 6.42 Å². The Balaban J connectivity index is 1.80. The van der Waals surface area contributed by atoms with Gasteiger partial charge in [0.25, 0.3) is 5.91 Å². The van der Waals surface area contributed by atoms with Crippen molar-refractivity contribution in [2.45, 2.75) is 31.2 Å². The molecule has 1 saturated heterocycles. The second-order valence-electron chi connectivity index (χ2n) is 7.58. The predicted octanol–water partition coefficient (Wildman–Crippen LogP) is 3.62. The van der Waals surface area contributed by atoms with E-state index in [9.17, 15) is 9.59 Å². The number of piperidine rings is 1. The van der Waals surface area contributed by atoms with Crippen molar-refractivity contribution < 1.29 is 14.3 Å². The van der Waals surface area contributed by atoms with E-state index >= 15 is 0 Å². The molecular formula is C23H26N2O3. The minimum absolute atomic E-state index is 0.0425. The number of likely N-dealkylation sites (tertiary alicyclic amines) is 1. The molecule has 4 rings (SSSR count). The lowest BCUT2D eigenvalue weighted by Crippen LogP contribution is -2.48. The average Bonchev–Trinajstić information content (AvgIpc) is 2.76. The first kappa shape index (κ1) is 18.5. The highest BCUT2D eigenvalue weighted by Gasteiger charge is 2.44. The van der Waals surface area contributed by atoms with E-state index < -0.39 is 5.92 Å². The Hall–Kier alpha value is -2.82. The van der Waals surface area contributed by atoms with Crippen LogP contribution < -0.4 is 4.74 Å². The van der Waals surface area contributed by atoms with Gasteiger partial charge in [0.15, 0.2) is 0 Å². The van der Waals surface area contributed by atoms with Crippen molar-refractivity contribution in [3.05, 3.63) is 65.2 Å². The standard InChI is InChI=1S/C23H26N2O3/c1-24-21(16-10-12-17(28-2)13-11-16)20(23(27)25-14-6-3-7-15-25)18-8-4-5-9-19(18)22(24)26/h4-5,8-13,20-21H,3,6-7,14-15H2,1-2H3/t20-,21-/m1/s1. The molecule has 0 spiro atoms. The van der Waals surface area contributed by atoms with Gasteiger partial charge in [0, 0.05) is 25.7 Å². The van der Waals surface area contributed by atoms with Crippen LogP contribution in [-0.2, 0) is 4.79 Å². The van der Waals surface area contributed by atoms with Crippen LogP contribution in [0, 0.1) is 0 Å². The third kappa shape index (κ3) is 3.15. The topological polar surface area (TPSA) is 49.9 Å². The zero-order valence-corrected chi connectivity index (χ0v) is 16.4. The van der Waals surface area contributed by atoms with Crippen LogP contribution in [0.25, 0.3) is 0 Å². The molecule has 2 aliphatic rings. The number of hydrogen-bond donors (Lipinski definition) is 0. The van der Waals surface area contributed by atoms with Gasteiger partial charge in [-0.25, -0.2) is 0 Å². The van der Waals surface area contributed by atoms with Crippen LogP contribution in [-0.4, -0.2) is 48.9 Å². The molecule has 5 heteroatoms. The molecule has 2 heterocycles. The molecule has 0 radical (unpaired) electrons. The Morgan fingerprint density at radius 3 is 2.36 bits per heavy atom. The van der Waals surface area contributed by atoms with E-state index in [0.717, 1.165) is 42.8 Å². The fourth-order valence-electron chi connectivity index (χ4n) is 4.47. The van der Waals surface area contributed by atoms with Gasteiger partial charge in [-0.05, 0) is 48.6 Å². The third-order valence-electron chi connectivity index (χ3n) is 5.97. The first-order valence-electron chi connectivity index (χ1n) is 9.90. The summed E-state index contributed by atoms with van der Waals surface area (Å²) < 4.78 is 5.27. The van der Waals surface area contributed by atoms with Gasteiger partial charge in [-0.15, -0.1) is 0 Å². The van der Waals surface area contributed by atoms with E-state index in [-0.39, 0.29) is 17.9 Å². The Morgan fingerprint density at radius 1 is 1.00 bits per heavy atom. The van der Waals surface area contributed by atoms with Gasteiger partial charge in [0.05, 0.1) is 19.1 Å². The van der Waals surface area contributed by atoms with E-state index in [2.05, 4.69) is 0 Å². The number of fused-ring (bicyclic) bond motifs is 1. The number of carbonyl (C=O) groups is 2. The van der Waals surface area contributed by atoms with Crippen molar-refractivity contribution in [2.75, 3.05) is 27.2 Å². The molecule has 0 aliphatic carbocycles. The number of amides is 2. The molecule has 1 fully saturated rings. The number of rotatable bonds is 3. The fourth-order valence-corrected chi connectivity index (χ4v) is 4.47. The molecule has 2 aromatic carbocycles. The van der Waals surface area contributed by atoms with Crippen molar-refractivity contribution in [1.29, 1.82) is 0 Å². The summed E-state index contributed by atoms with van der Waals surface area (Å²) in [6, 6.07) is 14.9. The second-order valence-corrected chi connectivity index (χ2v) is 7.58. The number of carbonyl (C=O) groups excluding carboxylic acids is 2. The molecule has 0 saturated carbocycles. The second kappa shape index (κ2) is 7.66. The summed E-state index contributed by atoms with van der Waals surface area (Å²) in [5.74, 6) is 0.435. The van der Waals surface area contributed by atoms with Gasteiger partial charge in [-0.2, -0.15) is 0 Å². The Kier molecular flexibility index (Phi) is 5.07. The molecule has 2 aromatic rings. The van der Waals surface area contributed by atoms with Gasteiger partial charge in [0.1, 0.15) is 5.75 Å². The van der Waals surface area contributed by atoms with E-state index in [1.54, 1.807) is 19.1 Å². The van der Waals surface area contributed by atoms with Crippen LogP contribution in [0.1, 0.15) is 52.7 Å². The quantitative estimate of drug-likeness (QED) is 0.820. The van der Waals surface area contributed by atoms with E-state index in [0.29, 0.717) is 5.56 Å². The molecule has 146 valence electrons. The van der Waals surface area contributed by atoms with Crippen LogP contribution in [0.15, 0.2) is 48.5 Å². The Bertz CT molecular complexity index is 872. The van der Waals surface area contributed by atoms with Crippen molar-refractivity contribution in [2.24, 2.45) is 0 Å². The summed E-state index contributed by atoms with van der Waals surface area (Å²) in [5.41, 5.74) is 2.41. The van der Waals surface area contributed by atoms with Gasteiger partial charge in [0.2, 0.25) is 5.91 Å². The molecule has 2 amide bonds. The summed E-state index contributed by atoms with van der Waals surface area (Å²) in [7, 11) is 3.42. The van der Waals surface area contributed by atoms with Crippen LogP contribution in [0.5, 0.6) is 5.75 Å². The van der Waals surface area contributed by atoms with E-state index in [1.807, 2.05) is 53.4 Å². The molecule has 0 N–H and O–H groups in total. The van der Waals surface area contributed by atoms with Crippen LogP contribution in [0.3, 0.4) is 0 Å². The van der Waals surface area contributed by atoms with Crippen molar-refractivity contribution >= 4 is 11.8 Å². The average molecular weight is 378 g/mol. The van der Waals surface area contributed by atoms with Crippen molar-refractivity contribution in [1.82, 2.24) is 9.80 Å². The predicted molar refractivity (Wildman–Crippen MR) is 107 cm³/mol. The van der Waals surface area contributed by atoms with Crippen LogP contribution in [0.4, 0.5) is 0 Å². The number of benzene rings is 2. The molecule has 2 atom stereocenters. The fraction of sp³-hybridized carbons (Fsp3) is 0.391. The van der Waals surface area contributed by atoms with Gasteiger partial charge in [-0.1, -0.05) is 30.3 Å². The smallest absolute Gasteiger partial charge is 0.254 e. The highest BCUT2D eigenvalue weighted by molar-refractivity contribution is 6.01. The Labute approximate surface area is 165 Å². The lowest BCUT2D eigenvalue weighted by molar-refractivity contribution is -0.135. The number of methoxy groups -OCH3 is 1. The minimum atomic E-state index is -0.398. The summed E-state index contributed by atoms with van der Waals surface area (Å²) in [6.45, 7) is 1.59. The molecule has 0 aromatic heterocycles. The maximum Gasteiger partial charge on any atom is 0.254 e. The van der Waals surface area contributed by atoms with Gasteiger partial charge in [-0.3, -0.25) is 9.59 Å². The lowest BCUT2D eigenvalue weighted by atomic mass is 9.79. The highest BCUT2D eigenvalue weighted by Crippen LogP contribution is 2.43. The summed E-state index contributed by atoms with van der Waals surface area (Å²) >= 11 is 0. The number of nitrogens with zero attached hydrogens (tertiary/aromatic N) is 2. The first-order valence-corrected chi connectivity index (χ1v) is 9.90. The zero-order chi connectivity index (χ0) is 19.7. The highest BCUT2D eigenvalue weighted by atomic mass is 16.5. The molecule has 5 nitrogen and oxygen atoms in total. The monoisotopic (exact) mass is 378 g/mol. The molecule has 28 heavy (non-hydrogen) atoms. The lowest BCUT2D eigenvalue weighted by Gasteiger charge is -2.42. The number of likely N-dealkylation sites (N-methyl/N-ethyl adjacent to an activating group) is 1. The minimum Gasteiger partial charge on any atom is -0.497 e. The SMILES string of the molecule is COc1ccc([C@@H]2[C@H](C(=O)N3CCCCC3)c3ccccc3C(=O)N2C)cc1. The molecule has 0 bridgehead atoms. The number of hydrogen-bond acceptors (Lipinski definition) is 3. The summed E-state index contributed by atoms with van der Waals surface area (Å²) in [6.07, 6.45) is 3.26. The molecule has 0 unspecified atom stereocenters. The third-order valence-corrected chi connectivity index (χ3v) is 5.97. The van der Waals surface area contributed by atoms with Gasteiger partial charge >= 0.3 is 0 Å². The Morgan fingerprint density at radius 2 is 1.68 bits per heavy atom. The zero-order valence-electron chi connectivity index (χ0n) is 16.4. The number of ether oxygens (including phenoxy) is 1. The normalized spacial score (nSPS) is 22.0. The first-order chi connectivity index (χ1) is 13.6. The van der Waals surface area contributed by atoms with Crippen LogP contribution in [0.2, 0.25) is 0 Å². The van der Waals surface area contributed by atoms with Gasteiger partial charge < -0.3 is 14.5 Å². The van der Waals surface area contributed by atoms with Crippen molar-refractivity contribution in [3.8, 4) is 5.75 Å². The van der Waals surface area contributed by atoms with Crippen molar-refractivity contribution in [3.63, 3.8) is 0 Å². The molecule has 2 aliphatic heterocycles.